The highest BCUT2D eigenvalue weighted by molar-refractivity contribution is 6.14. The van der Waals surface area contributed by atoms with E-state index in [1.807, 2.05) is 0 Å². The van der Waals surface area contributed by atoms with Crippen molar-refractivity contribution in [3.8, 4) is 5.75 Å². The van der Waals surface area contributed by atoms with Crippen molar-refractivity contribution in [1.29, 1.82) is 0 Å². The molecule has 1 aliphatic rings. The van der Waals surface area contributed by atoms with E-state index in [9.17, 15) is 14.9 Å². The average Bonchev–Trinajstić information content (AvgIpc) is 2.93. The van der Waals surface area contributed by atoms with Crippen LogP contribution in [0.3, 0.4) is 0 Å². The first-order valence-corrected chi connectivity index (χ1v) is 5.77. The zero-order chi connectivity index (χ0) is 14.3. The molecular formula is C13H9N3O4. The lowest BCUT2D eigenvalue weighted by Gasteiger charge is -1.99. The van der Waals surface area contributed by atoms with Crippen LogP contribution in [-0.2, 0) is 7.05 Å². The summed E-state index contributed by atoms with van der Waals surface area (Å²) in [7, 11) is 1.61. The summed E-state index contributed by atoms with van der Waals surface area (Å²) < 4.78 is 6.89. The Hall–Kier alpha value is -2.96. The minimum atomic E-state index is -0.598. The second-order valence-corrected chi connectivity index (χ2v) is 4.26. The fourth-order valence-corrected chi connectivity index (χ4v) is 1.99. The number of benzene rings is 1. The molecule has 0 amide bonds. The maximum atomic E-state index is 12.1. The number of Topliss-reactive ketones (excluding diaryl/α,β-unsaturated/α-hetero) is 1. The predicted molar refractivity (Wildman–Crippen MR) is 69.2 cm³/mol. The Kier molecular flexibility index (Phi) is 2.60. The van der Waals surface area contributed by atoms with Crippen LogP contribution in [0.15, 0.2) is 36.4 Å². The van der Waals surface area contributed by atoms with Gasteiger partial charge in [0, 0.05) is 13.1 Å². The summed E-state index contributed by atoms with van der Waals surface area (Å²) in [5, 5.41) is 10.9. The Bertz CT molecular complexity index is 761. The minimum Gasteiger partial charge on any atom is -0.452 e. The molecule has 7 heteroatoms. The molecule has 0 saturated heterocycles. The van der Waals surface area contributed by atoms with Gasteiger partial charge in [-0.25, -0.2) is 0 Å². The Morgan fingerprint density at radius 1 is 1.40 bits per heavy atom. The third-order valence-electron chi connectivity index (χ3n) is 2.98. The molecule has 2 heterocycles. The minimum absolute atomic E-state index is 0.0536. The third-order valence-corrected chi connectivity index (χ3v) is 2.98. The van der Waals surface area contributed by atoms with Gasteiger partial charge in [0.15, 0.2) is 5.76 Å². The molecule has 0 atom stereocenters. The standard InChI is InChI=1S/C13H9N3O4/c1-15-7-14-13(16(18)19)9(15)6-11-12(17)8-4-2-3-5-10(8)20-11/h2-7H,1H3/b11-6-. The van der Waals surface area contributed by atoms with Crippen LogP contribution < -0.4 is 4.74 Å². The summed E-state index contributed by atoms with van der Waals surface area (Å²) in [6.45, 7) is 0. The largest absolute Gasteiger partial charge is 0.452 e. The second-order valence-electron chi connectivity index (χ2n) is 4.26. The summed E-state index contributed by atoms with van der Waals surface area (Å²) >= 11 is 0. The molecule has 20 heavy (non-hydrogen) atoms. The van der Waals surface area contributed by atoms with Crippen molar-refractivity contribution in [1.82, 2.24) is 9.55 Å². The Balaban J connectivity index is 2.06. The van der Waals surface area contributed by atoms with E-state index in [1.165, 1.54) is 17.0 Å². The number of nitro groups is 1. The molecule has 0 radical (unpaired) electrons. The van der Waals surface area contributed by atoms with E-state index < -0.39 is 4.92 Å². The van der Waals surface area contributed by atoms with Crippen LogP contribution in [0.1, 0.15) is 16.1 Å². The van der Waals surface area contributed by atoms with Gasteiger partial charge in [0.2, 0.25) is 12.1 Å². The van der Waals surface area contributed by atoms with Crippen molar-refractivity contribution in [2.24, 2.45) is 7.05 Å². The summed E-state index contributed by atoms with van der Waals surface area (Å²) in [6.07, 6.45) is 2.66. The number of hydrogen-bond donors (Lipinski definition) is 0. The van der Waals surface area contributed by atoms with E-state index in [0.717, 1.165) is 0 Å². The Morgan fingerprint density at radius 2 is 2.15 bits per heavy atom. The molecule has 3 rings (SSSR count). The van der Waals surface area contributed by atoms with Crippen molar-refractivity contribution in [3.63, 3.8) is 0 Å². The van der Waals surface area contributed by atoms with E-state index in [-0.39, 0.29) is 23.1 Å². The molecule has 2 aromatic rings. The number of allylic oxidation sites excluding steroid dienone is 1. The number of rotatable bonds is 2. The zero-order valence-electron chi connectivity index (χ0n) is 10.4. The summed E-state index contributed by atoms with van der Waals surface area (Å²) in [5.41, 5.74) is 0.662. The number of ketones is 1. The molecule has 0 saturated carbocycles. The highest BCUT2D eigenvalue weighted by Crippen LogP contribution is 2.32. The summed E-state index contributed by atoms with van der Waals surface area (Å²) in [4.78, 5) is 26.1. The first-order chi connectivity index (χ1) is 9.58. The summed E-state index contributed by atoms with van der Waals surface area (Å²) in [6, 6.07) is 6.80. The van der Waals surface area contributed by atoms with Gasteiger partial charge in [-0.05, 0) is 22.0 Å². The normalized spacial score (nSPS) is 15.2. The quantitative estimate of drug-likeness (QED) is 0.473. The SMILES string of the molecule is Cn1cnc([N+](=O)[O-])c1/C=C1\Oc2ccccc2C1=O. The molecule has 0 spiro atoms. The number of ether oxygens (including phenoxy) is 1. The van der Waals surface area contributed by atoms with Crippen LogP contribution in [0.2, 0.25) is 0 Å². The van der Waals surface area contributed by atoms with E-state index in [4.69, 9.17) is 4.74 Å². The molecule has 100 valence electrons. The highest BCUT2D eigenvalue weighted by Gasteiger charge is 2.29. The number of para-hydroxylation sites is 1. The molecular weight excluding hydrogens is 262 g/mol. The maximum absolute atomic E-state index is 12.1. The predicted octanol–water partition coefficient (Wildman–Crippen LogP) is 1.94. The molecule has 0 bridgehead atoms. The topological polar surface area (TPSA) is 87.3 Å². The van der Waals surface area contributed by atoms with Crippen molar-refractivity contribution >= 4 is 17.7 Å². The number of aryl methyl sites for hydroxylation is 1. The van der Waals surface area contributed by atoms with Gasteiger partial charge in [-0.2, -0.15) is 0 Å². The molecule has 0 N–H and O–H groups in total. The number of carbonyl (C=O) groups excluding carboxylic acids is 1. The Labute approximate surface area is 113 Å². The number of aromatic nitrogens is 2. The van der Waals surface area contributed by atoms with Crippen LogP contribution in [-0.4, -0.2) is 20.3 Å². The summed E-state index contributed by atoms with van der Waals surface area (Å²) in [5.74, 6) is -0.102. The van der Waals surface area contributed by atoms with Crippen molar-refractivity contribution in [3.05, 3.63) is 57.7 Å². The molecule has 1 aromatic carbocycles. The van der Waals surface area contributed by atoms with E-state index >= 15 is 0 Å². The molecule has 0 unspecified atom stereocenters. The van der Waals surface area contributed by atoms with Crippen LogP contribution in [0.5, 0.6) is 5.75 Å². The third kappa shape index (κ3) is 1.76. The number of imidazole rings is 1. The molecule has 1 aromatic heterocycles. The van der Waals surface area contributed by atoms with Crippen LogP contribution in [0.4, 0.5) is 5.82 Å². The van der Waals surface area contributed by atoms with Crippen molar-refractivity contribution in [2.75, 3.05) is 0 Å². The highest BCUT2D eigenvalue weighted by atomic mass is 16.6. The van der Waals surface area contributed by atoms with Crippen molar-refractivity contribution in [2.45, 2.75) is 0 Å². The molecule has 0 aliphatic carbocycles. The van der Waals surface area contributed by atoms with Crippen LogP contribution >= 0.6 is 0 Å². The molecule has 7 nitrogen and oxygen atoms in total. The van der Waals surface area contributed by atoms with Gasteiger partial charge in [0.25, 0.3) is 0 Å². The number of fused-ring (bicyclic) bond motifs is 1. The first-order valence-electron chi connectivity index (χ1n) is 5.77. The van der Waals surface area contributed by atoms with Gasteiger partial charge in [-0.3, -0.25) is 4.79 Å². The fraction of sp³-hybridized carbons (Fsp3) is 0.0769. The van der Waals surface area contributed by atoms with E-state index in [2.05, 4.69) is 4.98 Å². The molecule has 0 fully saturated rings. The van der Waals surface area contributed by atoms with E-state index in [0.29, 0.717) is 11.3 Å². The zero-order valence-corrected chi connectivity index (χ0v) is 10.4. The Morgan fingerprint density at radius 3 is 2.85 bits per heavy atom. The first kappa shape index (κ1) is 12.1. The average molecular weight is 271 g/mol. The fourth-order valence-electron chi connectivity index (χ4n) is 1.99. The van der Waals surface area contributed by atoms with Gasteiger partial charge in [-0.15, -0.1) is 0 Å². The smallest absolute Gasteiger partial charge is 0.389 e. The van der Waals surface area contributed by atoms with Gasteiger partial charge in [0.1, 0.15) is 11.4 Å². The van der Waals surface area contributed by atoms with E-state index in [1.54, 1.807) is 31.3 Å². The lowest BCUT2D eigenvalue weighted by atomic mass is 10.1. The number of carbonyl (C=O) groups is 1. The molecule has 1 aliphatic heterocycles. The number of hydrogen-bond acceptors (Lipinski definition) is 5. The van der Waals surface area contributed by atoms with Gasteiger partial charge in [-0.1, -0.05) is 12.1 Å². The van der Waals surface area contributed by atoms with Gasteiger partial charge >= 0.3 is 5.82 Å². The monoisotopic (exact) mass is 271 g/mol. The van der Waals surface area contributed by atoms with Crippen LogP contribution in [0.25, 0.3) is 6.08 Å². The maximum Gasteiger partial charge on any atom is 0.389 e. The van der Waals surface area contributed by atoms with Gasteiger partial charge < -0.3 is 19.4 Å². The number of nitrogens with zero attached hydrogens (tertiary/aromatic N) is 3. The van der Waals surface area contributed by atoms with Crippen molar-refractivity contribution < 1.29 is 14.5 Å². The lowest BCUT2D eigenvalue weighted by Crippen LogP contribution is -2.01. The second kappa shape index (κ2) is 4.30. The van der Waals surface area contributed by atoms with Crippen LogP contribution in [0, 0.1) is 10.1 Å². The van der Waals surface area contributed by atoms with Gasteiger partial charge in [0.05, 0.1) is 5.56 Å². The lowest BCUT2D eigenvalue weighted by molar-refractivity contribution is -0.389.